The van der Waals surface area contributed by atoms with E-state index in [9.17, 15) is 0 Å². The molecule has 0 aliphatic carbocycles. The van der Waals surface area contributed by atoms with E-state index in [1.54, 1.807) is 4.68 Å². The van der Waals surface area contributed by atoms with Crippen molar-refractivity contribution >= 4 is 5.82 Å². The molecule has 0 aliphatic heterocycles. The maximum Gasteiger partial charge on any atom is 0.133 e. The maximum absolute atomic E-state index is 4.61. The number of rotatable bonds is 4. The predicted octanol–water partition coefficient (Wildman–Crippen LogP) is 2.18. The van der Waals surface area contributed by atoms with E-state index in [-0.39, 0.29) is 0 Å². The average molecular weight is 245 g/mol. The van der Waals surface area contributed by atoms with Crippen LogP contribution in [-0.4, -0.2) is 26.3 Å². The molecule has 0 bridgehead atoms. The van der Waals surface area contributed by atoms with E-state index in [0.29, 0.717) is 0 Å². The van der Waals surface area contributed by atoms with E-state index in [1.807, 2.05) is 26.4 Å². The molecule has 0 amide bonds. The largest absolute Gasteiger partial charge is 0.370 e. The van der Waals surface area contributed by atoms with Crippen LogP contribution in [0.2, 0.25) is 0 Å². The van der Waals surface area contributed by atoms with Crippen molar-refractivity contribution in [3.63, 3.8) is 0 Å². The molecule has 0 atom stereocenters. The minimum Gasteiger partial charge on any atom is -0.370 e. The minimum atomic E-state index is 0.825. The summed E-state index contributed by atoms with van der Waals surface area (Å²) in [6.45, 7) is 7.03. The molecule has 0 aromatic carbocycles. The molecule has 18 heavy (non-hydrogen) atoms. The normalized spacial score (nSPS) is 10.7. The van der Waals surface area contributed by atoms with Crippen LogP contribution in [0.15, 0.2) is 12.4 Å². The van der Waals surface area contributed by atoms with Crippen LogP contribution >= 0.6 is 0 Å². The first-order valence-electron chi connectivity index (χ1n) is 6.26. The van der Waals surface area contributed by atoms with Gasteiger partial charge < -0.3 is 5.32 Å². The van der Waals surface area contributed by atoms with E-state index in [2.05, 4.69) is 34.2 Å². The fourth-order valence-electron chi connectivity index (χ4n) is 1.89. The van der Waals surface area contributed by atoms with Gasteiger partial charge in [-0.25, -0.2) is 9.97 Å². The summed E-state index contributed by atoms with van der Waals surface area (Å²) in [5.41, 5.74) is 3.07. The van der Waals surface area contributed by atoms with Crippen LogP contribution in [0, 0.1) is 6.92 Å². The number of hydrogen-bond acceptors (Lipinski definition) is 4. The number of nitrogens with one attached hydrogen (secondary N) is 1. The lowest BCUT2D eigenvalue weighted by Crippen LogP contribution is -2.07. The molecule has 1 N–H and O–H groups in total. The summed E-state index contributed by atoms with van der Waals surface area (Å²) in [5.74, 6) is 1.78. The Hall–Kier alpha value is -1.91. The van der Waals surface area contributed by atoms with Crippen LogP contribution in [0.3, 0.4) is 0 Å². The number of anilines is 1. The molecule has 5 nitrogen and oxygen atoms in total. The van der Waals surface area contributed by atoms with Crippen molar-refractivity contribution in [3.8, 4) is 11.3 Å². The molecular formula is C13H19N5. The predicted molar refractivity (Wildman–Crippen MR) is 72.5 cm³/mol. The summed E-state index contributed by atoms with van der Waals surface area (Å²) in [7, 11) is 1.91. The van der Waals surface area contributed by atoms with Crippen LogP contribution in [0.4, 0.5) is 5.82 Å². The zero-order valence-corrected chi connectivity index (χ0v) is 11.4. The quantitative estimate of drug-likeness (QED) is 0.897. The molecule has 0 saturated heterocycles. The first-order valence-corrected chi connectivity index (χ1v) is 6.26. The fraction of sp³-hybridized carbons (Fsp3) is 0.462. The maximum atomic E-state index is 4.61. The van der Waals surface area contributed by atoms with Crippen molar-refractivity contribution in [2.75, 3.05) is 11.9 Å². The van der Waals surface area contributed by atoms with Gasteiger partial charge in [-0.2, -0.15) is 5.10 Å². The molecule has 2 aromatic rings. The molecule has 2 rings (SSSR count). The molecule has 2 heterocycles. The van der Waals surface area contributed by atoms with Crippen molar-refractivity contribution in [1.82, 2.24) is 19.7 Å². The number of hydrogen-bond donors (Lipinski definition) is 1. The molecule has 0 unspecified atom stereocenters. The molecule has 2 aromatic heterocycles. The van der Waals surface area contributed by atoms with Gasteiger partial charge in [-0.1, -0.05) is 6.92 Å². The third-order valence-electron chi connectivity index (χ3n) is 2.83. The van der Waals surface area contributed by atoms with E-state index < -0.39 is 0 Å². The Bertz CT molecular complexity index is 544. The second-order valence-corrected chi connectivity index (χ2v) is 4.25. The van der Waals surface area contributed by atoms with Crippen molar-refractivity contribution in [2.24, 2.45) is 7.05 Å². The van der Waals surface area contributed by atoms with Crippen LogP contribution in [0.25, 0.3) is 11.3 Å². The van der Waals surface area contributed by atoms with Gasteiger partial charge in [-0.15, -0.1) is 0 Å². The molecule has 0 saturated carbocycles. The van der Waals surface area contributed by atoms with Crippen molar-refractivity contribution in [2.45, 2.75) is 27.2 Å². The van der Waals surface area contributed by atoms with Gasteiger partial charge in [0.15, 0.2) is 0 Å². The first kappa shape index (κ1) is 12.5. The standard InChI is InChI=1S/C13H19N5/c1-5-11-16-12(10-7-15-18(4)8-10)9(3)13(17-11)14-6-2/h7-8H,5-6H2,1-4H3,(H,14,16,17). The summed E-state index contributed by atoms with van der Waals surface area (Å²) in [6.07, 6.45) is 4.64. The zero-order valence-electron chi connectivity index (χ0n) is 11.4. The summed E-state index contributed by atoms with van der Waals surface area (Å²) < 4.78 is 1.79. The van der Waals surface area contributed by atoms with Gasteiger partial charge in [-0.3, -0.25) is 4.68 Å². The van der Waals surface area contributed by atoms with Crippen LogP contribution in [0.5, 0.6) is 0 Å². The molecule has 0 spiro atoms. The number of aryl methyl sites for hydroxylation is 2. The zero-order chi connectivity index (χ0) is 13.1. The number of aromatic nitrogens is 4. The Kier molecular flexibility index (Phi) is 3.60. The second-order valence-electron chi connectivity index (χ2n) is 4.25. The third kappa shape index (κ3) is 2.34. The van der Waals surface area contributed by atoms with E-state index in [0.717, 1.165) is 41.4 Å². The van der Waals surface area contributed by atoms with Gasteiger partial charge in [0.2, 0.25) is 0 Å². The first-order chi connectivity index (χ1) is 8.65. The van der Waals surface area contributed by atoms with Gasteiger partial charge in [0.25, 0.3) is 0 Å². The Labute approximate surface area is 107 Å². The monoisotopic (exact) mass is 245 g/mol. The molecule has 0 fully saturated rings. The van der Waals surface area contributed by atoms with Crippen LogP contribution < -0.4 is 5.32 Å². The van der Waals surface area contributed by atoms with E-state index in [1.165, 1.54) is 0 Å². The SMILES string of the molecule is CCNc1nc(CC)nc(-c2cnn(C)c2)c1C. The van der Waals surface area contributed by atoms with E-state index >= 15 is 0 Å². The van der Waals surface area contributed by atoms with Crippen molar-refractivity contribution < 1.29 is 0 Å². The summed E-state index contributed by atoms with van der Waals surface area (Å²) in [6, 6.07) is 0. The summed E-state index contributed by atoms with van der Waals surface area (Å²) in [4.78, 5) is 9.14. The Morgan fingerprint density at radius 1 is 1.28 bits per heavy atom. The van der Waals surface area contributed by atoms with Crippen LogP contribution in [-0.2, 0) is 13.5 Å². The highest BCUT2D eigenvalue weighted by atomic mass is 15.2. The van der Waals surface area contributed by atoms with Gasteiger partial charge in [-0.05, 0) is 13.8 Å². The van der Waals surface area contributed by atoms with Gasteiger partial charge in [0, 0.05) is 37.3 Å². The van der Waals surface area contributed by atoms with Gasteiger partial charge >= 0.3 is 0 Å². The highest BCUT2D eigenvalue weighted by Gasteiger charge is 2.12. The summed E-state index contributed by atoms with van der Waals surface area (Å²) in [5, 5.41) is 7.49. The second kappa shape index (κ2) is 5.16. The smallest absolute Gasteiger partial charge is 0.133 e. The molecule has 5 heteroatoms. The lowest BCUT2D eigenvalue weighted by atomic mass is 10.1. The van der Waals surface area contributed by atoms with Crippen molar-refractivity contribution in [1.29, 1.82) is 0 Å². The van der Waals surface area contributed by atoms with Crippen LogP contribution in [0.1, 0.15) is 25.2 Å². The highest BCUT2D eigenvalue weighted by Crippen LogP contribution is 2.25. The van der Waals surface area contributed by atoms with Gasteiger partial charge in [0.1, 0.15) is 11.6 Å². The Morgan fingerprint density at radius 3 is 2.61 bits per heavy atom. The molecule has 0 aliphatic rings. The fourth-order valence-corrected chi connectivity index (χ4v) is 1.89. The molecule has 96 valence electrons. The Balaban J connectivity index is 2.54. The molecule has 0 radical (unpaired) electrons. The lowest BCUT2D eigenvalue weighted by molar-refractivity contribution is 0.768. The Morgan fingerprint density at radius 2 is 2.06 bits per heavy atom. The van der Waals surface area contributed by atoms with Gasteiger partial charge in [0.05, 0.1) is 11.9 Å². The van der Waals surface area contributed by atoms with Crippen molar-refractivity contribution in [3.05, 3.63) is 23.8 Å². The van der Waals surface area contributed by atoms with E-state index in [4.69, 9.17) is 0 Å². The summed E-state index contributed by atoms with van der Waals surface area (Å²) >= 11 is 0. The highest BCUT2D eigenvalue weighted by molar-refractivity contribution is 5.67. The average Bonchev–Trinajstić information content (AvgIpc) is 2.78. The topological polar surface area (TPSA) is 55.6 Å². The minimum absolute atomic E-state index is 0.825. The lowest BCUT2D eigenvalue weighted by Gasteiger charge is -2.11. The third-order valence-corrected chi connectivity index (χ3v) is 2.83. The number of nitrogens with zero attached hydrogens (tertiary/aromatic N) is 4. The molecular weight excluding hydrogens is 226 g/mol.